The van der Waals surface area contributed by atoms with Crippen LogP contribution < -0.4 is 0 Å². The number of carboxylic acids is 2. The average Bonchev–Trinajstić information content (AvgIpc) is 3.85. The third kappa shape index (κ3) is 11.3. The minimum atomic E-state index is -1.26. The quantitative estimate of drug-likeness (QED) is 0.173. The number of carbonyl (C=O) groups is 3. The van der Waals surface area contributed by atoms with E-state index >= 15 is 0 Å². The lowest BCUT2D eigenvalue weighted by atomic mass is 10.00. The summed E-state index contributed by atoms with van der Waals surface area (Å²) in [6.07, 6.45) is 8.87. The summed E-state index contributed by atoms with van der Waals surface area (Å²) >= 11 is 0. The topological polar surface area (TPSA) is 104 Å². The van der Waals surface area contributed by atoms with E-state index in [1.807, 2.05) is 12.1 Å². The number of carboxylic acid groups (broad SMARTS) is 2. The molecule has 0 radical (unpaired) electrons. The summed E-state index contributed by atoms with van der Waals surface area (Å²) in [5.74, 6) is -1.36. The first-order valence-electron chi connectivity index (χ1n) is 15.1. The lowest BCUT2D eigenvalue weighted by Crippen LogP contribution is -2.38. The van der Waals surface area contributed by atoms with Crippen molar-refractivity contribution in [1.29, 1.82) is 0 Å². The van der Waals surface area contributed by atoms with Crippen LogP contribution >= 0.6 is 0 Å². The molecule has 0 bridgehead atoms. The summed E-state index contributed by atoms with van der Waals surface area (Å²) in [5, 5.41) is 15.6. The fourth-order valence-corrected chi connectivity index (χ4v) is 5.30. The Morgan fingerprint density at radius 2 is 1.30 bits per heavy atom. The van der Waals surface area contributed by atoms with E-state index in [1.54, 1.807) is 0 Å². The molecule has 7 heteroatoms. The molecule has 1 saturated heterocycles. The fraction of sp³-hybridized carbons (Fsp3) is 0.361. The van der Waals surface area contributed by atoms with Crippen LogP contribution in [0.3, 0.4) is 0 Å². The van der Waals surface area contributed by atoms with Gasteiger partial charge in [-0.1, -0.05) is 84.9 Å². The molecular weight excluding hydrogens is 542 g/mol. The number of hydrogen-bond acceptors (Lipinski definition) is 5. The van der Waals surface area contributed by atoms with Crippen LogP contribution in [-0.4, -0.2) is 58.6 Å². The second-order valence-electron chi connectivity index (χ2n) is 11.3. The first-order chi connectivity index (χ1) is 20.9. The van der Waals surface area contributed by atoms with Crippen molar-refractivity contribution >= 4 is 17.7 Å². The molecule has 2 aliphatic rings. The third-order valence-electron chi connectivity index (χ3n) is 7.81. The number of rotatable bonds is 13. The van der Waals surface area contributed by atoms with E-state index in [9.17, 15) is 14.4 Å². The molecule has 0 aromatic heterocycles. The summed E-state index contributed by atoms with van der Waals surface area (Å²) in [4.78, 5) is 34.2. The Kier molecular flexibility index (Phi) is 12.3. The SMILES string of the molecule is O=C(CCCN1CCC(OC(c2ccccc2)c2ccccc2)CC1)c1ccc(CC2CC2)cc1.O=C(O)C=CC(=O)O. The molecule has 1 aliphatic heterocycles. The molecule has 5 rings (SSSR count). The van der Waals surface area contributed by atoms with Crippen molar-refractivity contribution in [3.63, 3.8) is 0 Å². The van der Waals surface area contributed by atoms with E-state index in [2.05, 4.69) is 77.7 Å². The number of aliphatic carboxylic acids is 2. The summed E-state index contributed by atoms with van der Waals surface area (Å²) in [7, 11) is 0. The van der Waals surface area contributed by atoms with Gasteiger partial charge in [-0.05, 0) is 67.7 Å². The number of benzene rings is 3. The molecule has 0 unspecified atom stereocenters. The lowest BCUT2D eigenvalue weighted by molar-refractivity contribution is -0.134. The average molecular weight is 584 g/mol. The summed E-state index contributed by atoms with van der Waals surface area (Å²) in [5.41, 5.74) is 4.65. The highest BCUT2D eigenvalue weighted by molar-refractivity contribution is 5.96. The van der Waals surface area contributed by atoms with Crippen LogP contribution in [0, 0.1) is 5.92 Å². The monoisotopic (exact) mass is 583 g/mol. The molecule has 226 valence electrons. The Hall–Kier alpha value is -4.07. The number of ketones is 1. The van der Waals surface area contributed by atoms with E-state index in [0.717, 1.165) is 50.4 Å². The molecule has 0 amide bonds. The van der Waals surface area contributed by atoms with Gasteiger partial charge in [0.25, 0.3) is 0 Å². The predicted octanol–water partition coefficient (Wildman–Crippen LogP) is 6.58. The van der Waals surface area contributed by atoms with Crippen molar-refractivity contribution in [3.8, 4) is 0 Å². The molecule has 7 nitrogen and oxygen atoms in total. The second-order valence-corrected chi connectivity index (χ2v) is 11.3. The summed E-state index contributed by atoms with van der Waals surface area (Å²) in [6, 6.07) is 29.4. The molecular formula is C36H41NO6. The van der Waals surface area contributed by atoms with E-state index in [-0.39, 0.29) is 18.0 Å². The smallest absolute Gasteiger partial charge is 0.328 e. The van der Waals surface area contributed by atoms with Crippen molar-refractivity contribution < 1.29 is 29.3 Å². The maximum Gasteiger partial charge on any atom is 0.328 e. The molecule has 2 fully saturated rings. The Balaban J connectivity index is 0.000000467. The van der Waals surface area contributed by atoms with E-state index < -0.39 is 11.9 Å². The van der Waals surface area contributed by atoms with Gasteiger partial charge < -0.3 is 19.8 Å². The van der Waals surface area contributed by atoms with Crippen LogP contribution in [0.1, 0.15) is 71.7 Å². The number of hydrogen-bond donors (Lipinski definition) is 2. The highest BCUT2D eigenvalue weighted by Crippen LogP contribution is 2.33. The largest absolute Gasteiger partial charge is 0.478 e. The van der Waals surface area contributed by atoms with Gasteiger partial charge in [-0.15, -0.1) is 0 Å². The molecule has 1 heterocycles. The van der Waals surface area contributed by atoms with E-state index in [4.69, 9.17) is 14.9 Å². The van der Waals surface area contributed by atoms with Gasteiger partial charge in [-0.25, -0.2) is 9.59 Å². The Morgan fingerprint density at radius 3 is 1.79 bits per heavy atom. The molecule has 43 heavy (non-hydrogen) atoms. The van der Waals surface area contributed by atoms with Gasteiger partial charge in [0.2, 0.25) is 0 Å². The number of likely N-dealkylation sites (tertiary alicyclic amines) is 1. The normalized spacial score (nSPS) is 15.7. The highest BCUT2D eigenvalue weighted by Gasteiger charge is 2.25. The number of Topliss-reactive ketones (excluding diaryl/α,β-unsaturated/α-hetero) is 1. The molecule has 0 atom stereocenters. The van der Waals surface area contributed by atoms with E-state index in [1.165, 1.54) is 36.0 Å². The zero-order valence-electron chi connectivity index (χ0n) is 24.5. The molecule has 0 spiro atoms. The number of carbonyl (C=O) groups excluding carboxylic acids is 1. The van der Waals surface area contributed by atoms with Crippen LogP contribution in [0.15, 0.2) is 97.1 Å². The van der Waals surface area contributed by atoms with Gasteiger partial charge in [-0.3, -0.25) is 4.79 Å². The van der Waals surface area contributed by atoms with Gasteiger partial charge in [0.1, 0.15) is 6.10 Å². The Morgan fingerprint density at radius 1 is 0.767 bits per heavy atom. The van der Waals surface area contributed by atoms with Gasteiger partial charge in [0, 0.05) is 37.2 Å². The first kappa shape index (κ1) is 31.9. The van der Waals surface area contributed by atoms with Crippen LogP contribution in [0.4, 0.5) is 0 Å². The first-order valence-corrected chi connectivity index (χ1v) is 15.1. The number of ether oxygens (including phenoxy) is 1. The van der Waals surface area contributed by atoms with Crippen molar-refractivity contribution in [2.75, 3.05) is 19.6 Å². The zero-order valence-corrected chi connectivity index (χ0v) is 24.5. The highest BCUT2D eigenvalue weighted by atomic mass is 16.5. The maximum atomic E-state index is 12.6. The van der Waals surface area contributed by atoms with Crippen molar-refractivity contribution in [1.82, 2.24) is 4.90 Å². The molecule has 3 aromatic rings. The fourth-order valence-electron chi connectivity index (χ4n) is 5.30. The van der Waals surface area contributed by atoms with Crippen molar-refractivity contribution in [3.05, 3.63) is 119 Å². The molecule has 3 aromatic carbocycles. The van der Waals surface area contributed by atoms with Crippen LogP contribution in [0.25, 0.3) is 0 Å². The molecule has 1 aliphatic carbocycles. The summed E-state index contributed by atoms with van der Waals surface area (Å²) in [6.45, 7) is 3.05. The minimum absolute atomic E-state index is 0.0257. The predicted molar refractivity (Wildman–Crippen MR) is 166 cm³/mol. The van der Waals surface area contributed by atoms with Gasteiger partial charge >= 0.3 is 11.9 Å². The van der Waals surface area contributed by atoms with Gasteiger partial charge in [0.05, 0.1) is 6.10 Å². The minimum Gasteiger partial charge on any atom is -0.478 e. The lowest BCUT2D eigenvalue weighted by Gasteiger charge is -2.34. The molecule has 2 N–H and O–H groups in total. The standard InChI is InChI=1S/C32H37NO2.C4H4O4/c34-31(27-17-15-26(16-18-27)24-25-13-14-25)12-7-21-33-22-19-30(20-23-33)35-32(28-8-3-1-4-9-28)29-10-5-2-6-11-29;5-3(6)1-2-4(7)8/h1-6,8-11,15-18,25,30,32H,7,12-14,19-24H2;1-2H,(H,5,6)(H,7,8). The summed E-state index contributed by atoms with van der Waals surface area (Å²) < 4.78 is 6.67. The van der Waals surface area contributed by atoms with Crippen LogP contribution in [0.5, 0.6) is 0 Å². The third-order valence-corrected chi connectivity index (χ3v) is 7.81. The van der Waals surface area contributed by atoms with Crippen LogP contribution in [0.2, 0.25) is 0 Å². The van der Waals surface area contributed by atoms with Gasteiger partial charge in [0.15, 0.2) is 5.78 Å². The zero-order chi connectivity index (χ0) is 30.4. The van der Waals surface area contributed by atoms with Crippen molar-refractivity contribution in [2.24, 2.45) is 5.92 Å². The second kappa shape index (κ2) is 16.5. The van der Waals surface area contributed by atoms with Crippen LogP contribution in [-0.2, 0) is 20.7 Å². The maximum absolute atomic E-state index is 12.6. The van der Waals surface area contributed by atoms with Gasteiger partial charge in [-0.2, -0.15) is 0 Å². The number of piperidine rings is 1. The van der Waals surface area contributed by atoms with Crippen molar-refractivity contribution in [2.45, 2.75) is 57.2 Å². The Bertz CT molecular complexity index is 1270. The Labute approximate surface area is 253 Å². The molecule has 1 saturated carbocycles. The number of nitrogens with zero attached hydrogens (tertiary/aromatic N) is 1. The van der Waals surface area contributed by atoms with E-state index in [0.29, 0.717) is 18.6 Å².